The Balaban J connectivity index is 0.00000200. The zero-order valence-electron chi connectivity index (χ0n) is 11.3. The van der Waals surface area contributed by atoms with Crippen molar-refractivity contribution >= 4 is 35.6 Å². The van der Waals surface area contributed by atoms with Gasteiger partial charge in [-0.05, 0) is 18.1 Å². The fourth-order valence-electron chi connectivity index (χ4n) is 2.08. The molecule has 1 heterocycles. The lowest BCUT2D eigenvalue weighted by Gasteiger charge is -2.33. The molecule has 1 unspecified atom stereocenters. The monoisotopic (exact) mass is 334 g/mol. The predicted molar refractivity (Wildman–Crippen MR) is 84.7 cm³/mol. The van der Waals surface area contributed by atoms with Gasteiger partial charge in [0.15, 0.2) is 0 Å². The number of rotatable bonds is 4. The van der Waals surface area contributed by atoms with Crippen molar-refractivity contribution in [2.45, 2.75) is 26.0 Å². The SMILES string of the molecule is CC(C)C(O)(Cn1ccnc1)c1ccc(Cl)cc1Cl.Cl. The molecule has 0 radical (unpaired) electrons. The maximum Gasteiger partial charge on any atom is 0.111 e. The third kappa shape index (κ3) is 3.47. The Labute approximate surface area is 135 Å². The van der Waals surface area contributed by atoms with Crippen LogP contribution in [0.25, 0.3) is 0 Å². The standard InChI is InChI=1S/C14H16Cl2N2O.ClH/c1-10(2)14(19,8-18-6-5-17-9-18)12-4-3-11(15)7-13(12)16;/h3-7,9-10,19H,8H2,1-2H3;1H. The minimum atomic E-state index is -1.07. The van der Waals surface area contributed by atoms with E-state index in [2.05, 4.69) is 4.98 Å². The van der Waals surface area contributed by atoms with Crippen molar-refractivity contribution < 1.29 is 5.11 Å². The highest BCUT2D eigenvalue weighted by atomic mass is 35.5. The molecular formula is C14H17Cl3N2O. The van der Waals surface area contributed by atoms with E-state index >= 15 is 0 Å². The lowest BCUT2D eigenvalue weighted by molar-refractivity contribution is -0.0264. The summed E-state index contributed by atoms with van der Waals surface area (Å²) in [7, 11) is 0. The molecule has 110 valence electrons. The number of halogens is 3. The van der Waals surface area contributed by atoms with Crippen LogP contribution in [0.2, 0.25) is 10.0 Å². The summed E-state index contributed by atoms with van der Waals surface area (Å²) in [5, 5.41) is 12.1. The molecule has 1 aromatic carbocycles. The second-order valence-electron chi connectivity index (χ2n) is 4.94. The molecule has 0 aliphatic carbocycles. The van der Waals surface area contributed by atoms with E-state index in [0.717, 1.165) is 0 Å². The highest BCUT2D eigenvalue weighted by Crippen LogP contribution is 2.37. The first kappa shape index (κ1) is 17.3. The normalized spacial score (nSPS) is 13.9. The molecule has 6 heteroatoms. The van der Waals surface area contributed by atoms with Crippen LogP contribution in [0.1, 0.15) is 19.4 Å². The number of benzene rings is 1. The average molecular weight is 336 g/mol. The molecule has 0 bridgehead atoms. The fraction of sp³-hybridized carbons (Fsp3) is 0.357. The van der Waals surface area contributed by atoms with E-state index in [1.165, 1.54) is 0 Å². The molecule has 20 heavy (non-hydrogen) atoms. The Morgan fingerprint density at radius 2 is 2.05 bits per heavy atom. The van der Waals surface area contributed by atoms with Crippen LogP contribution in [-0.4, -0.2) is 14.7 Å². The highest BCUT2D eigenvalue weighted by Gasteiger charge is 2.35. The number of imidazole rings is 1. The van der Waals surface area contributed by atoms with E-state index in [0.29, 0.717) is 22.2 Å². The van der Waals surface area contributed by atoms with Crippen LogP contribution < -0.4 is 0 Å². The van der Waals surface area contributed by atoms with Gasteiger partial charge >= 0.3 is 0 Å². The summed E-state index contributed by atoms with van der Waals surface area (Å²) >= 11 is 12.1. The van der Waals surface area contributed by atoms with E-state index < -0.39 is 5.60 Å². The molecular weight excluding hydrogens is 319 g/mol. The van der Waals surface area contributed by atoms with Crippen molar-refractivity contribution in [1.82, 2.24) is 9.55 Å². The molecule has 0 aliphatic rings. The van der Waals surface area contributed by atoms with Gasteiger partial charge in [0.1, 0.15) is 5.60 Å². The summed E-state index contributed by atoms with van der Waals surface area (Å²) < 4.78 is 1.84. The zero-order valence-corrected chi connectivity index (χ0v) is 13.6. The maximum absolute atomic E-state index is 11.0. The molecule has 0 aliphatic heterocycles. The molecule has 0 saturated heterocycles. The fourth-order valence-corrected chi connectivity index (χ4v) is 2.65. The summed E-state index contributed by atoms with van der Waals surface area (Å²) in [5.41, 5.74) is -0.384. The number of hydrogen-bond donors (Lipinski definition) is 1. The van der Waals surface area contributed by atoms with Crippen molar-refractivity contribution in [2.75, 3.05) is 0 Å². The van der Waals surface area contributed by atoms with Crippen LogP contribution in [0.4, 0.5) is 0 Å². The average Bonchev–Trinajstić information content (AvgIpc) is 2.81. The van der Waals surface area contributed by atoms with Gasteiger partial charge in [-0.25, -0.2) is 4.98 Å². The first-order valence-corrected chi connectivity index (χ1v) is 6.82. The second kappa shape index (κ2) is 6.81. The Morgan fingerprint density at radius 3 is 2.55 bits per heavy atom. The minimum absolute atomic E-state index is 0. The van der Waals surface area contributed by atoms with E-state index in [4.69, 9.17) is 23.2 Å². The van der Waals surface area contributed by atoms with Gasteiger partial charge in [0, 0.05) is 28.0 Å². The van der Waals surface area contributed by atoms with E-state index in [1.807, 2.05) is 24.6 Å². The quantitative estimate of drug-likeness (QED) is 0.911. The Hall–Kier alpha value is -0.740. The molecule has 3 nitrogen and oxygen atoms in total. The number of hydrogen-bond acceptors (Lipinski definition) is 2. The van der Waals surface area contributed by atoms with Crippen molar-refractivity contribution in [1.29, 1.82) is 0 Å². The lowest BCUT2D eigenvalue weighted by Crippen LogP contribution is -2.37. The maximum atomic E-state index is 11.0. The van der Waals surface area contributed by atoms with Gasteiger partial charge in [-0.1, -0.05) is 43.1 Å². The first-order valence-electron chi connectivity index (χ1n) is 6.07. The van der Waals surface area contributed by atoms with E-state index in [-0.39, 0.29) is 18.3 Å². The number of nitrogens with zero attached hydrogens (tertiary/aromatic N) is 2. The van der Waals surface area contributed by atoms with Gasteiger partial charge in [-0.2, -0.15) is 0 Å². The zero-order chi connectivity index (χ0) is 14.0. The molecule has 0 amide bonds. The Bertz CT molecular complexity index is 558. The van der Waals surface area contributed by atoms with Crippen molar-refractivity contribution in [3.05, 3.63) is 52.5 Å². The first-order chi connectivity index (χ1) is 8.93. The Morgan fingerprint density at radius 1 is 1.35 bits per heavy atom. The summed E-state index contributed by atoms with van der Waals surface area (Å²) in [4.78, 5) is 3.99. The van der Waals surface area contributed by atoms with Crippen LogP contribution in [0.5, 0.6) is 0 Å². The van der Waals surface area contributed by atoms with Gasteiger partial charge in [-0.3, -0.25) is 0 Å². The van der Waals surface area contributed by atoms with Crippen LogP contribution in [0.15, 0.2) is 36.9 Å². The molecule has 1 aromatic heterocycles. The van der Waals surface area contributed by atoms with Crippen molar-refractivity contribution in [3.63, 3.8) is 0 Å². The number of aromatic nitrogens is 2. The third-order valence-corrected chi connectivity index (χ3v) is 3.88. The van der Waals surface area contributed by atoms with Crippen LogP contribution >= 0.6 is 35.6 Å². The molecule has 0 saturated carbocycles. The van der Waals surface area contributed by atoms with E-state index in [1.54, 1.807) is 30.7 Å². The molecule has 2 aromatic rings. The van der Waals surface area contributed by atoms with Crippen molar-refractivity contribution in [2.24, 2.45) is 5.92 Å². The predicted octanol–water partition coefficient (Wildman–Crippen LogP) is 4.16. The molecule has 0 fully saturated rings. The summed E-state index contributed by atoms with van der Waals surface area (Å²) in [6.45, 7) is 4.32. The van der Waals surface area contributed by atoms with Gasteiger partial charge in [0.05, 0.1) is 12.9 Å². The van der Waals surface area contributed by atoms with E-state index in [9.17, 15) is 5.11 Å². The number of aliphatic hydroxyl groups is 1. The minimum Gasteiger partial charge on any atom is -0.383 e. The molecule has 1 N–H and O–H groups in total. The van der Waals surface area contributed by atoms with Gasteiger partial charge in [0.2, 0.25) is 0 Å². The molecule has 0 spiro atoms. The summed E-state index contributed by atoms with van der Waals surface area (Å²) in [6, 6.07) is 5.17. The van der Waals surface area contributed by atoms with Crippen LogP contribution in [-0.2, 0) is 12.1 Å². The second-order valence-corrected chi connectivity index (χ2v) is 5.78. The Kier molecular flexibility index (Phi) is 5.90. The third-order valence-electron chi connectivity index (χ3n) is 3.34. The van der Waals surface area contributed by atoms with Crippen molar-refractivity contribution in [3.8, 4) is 0 Å². The summed E-state index contributed by atoms with van der Waals surface area (Å²) in [5.74, 6) is -0.00595. The smallest absolute Gasteiger partial charge is 0.111 e. The van der Waals surface area contributed by atoms with Gasteiger partial charge in [0.25, 0.3) is 0 Å². The summed E-state index contributed by atoms with van der Waals surface area (Å²) in [6.07, 6.45) is 5.18. The molecule has 1 atom stereocenters. The van der Waals surface area contributed by atoms with Gasteiger partial charge in [-0.15, -0.1) is 12.4 Å². The highest BCUT2D eigenvalue weighted by molar-refractivity contribution is 6.35. The van der Waals surface area contributed by atoms with Crippen LogP contribution in [0, 0.1) is 5.92 Å². The largest absolute Gasteiger partial charge is 0.383 e. The topological polar surface area (TPSA) is 38.0 Å². The van der Waals surface area contributed by atoms with Gasteiger partial charge < -0.3 is 9.67 Å². The van der Waals surface area contributed by atoms with Crippen LogP contribution in [0.3, 0.4) is 0 Å². The lowest BCUT2D eigenvalue weighted by atomic mass is 9.83. The molecule has 2 rings (SSSR count).